The third-order valence-electron chi connectivity index (χ3n) is 2.92. The largest absolute Gasteiger partial charge is 0.312 e. The molecule has 1 nitrogen and oxygen atoms in total. The second-order valence-electron chi connectivity index (χ2n) is 4.60. The Bertz CT molecular complexity index is 337. The van der Waals surface area contributed by atoms with E-state index < -0.39 is 11.6 Å². The molecule has 16 heavy (non-hydrogen) atoms. The lowest BCUT2D eigenvalue weighted by molar-refractivity contribution is 0.392. The van der Waals surface area contributed by atoms with E-state index in [1.165, 1.54) is 6.07 Å². The molecule has 1 rings (SSSR count). The van der Waals surface area contributed by atoms with Crippen LogP contribution in [0.1, 0.15) is 26.3 Å². The topological polar surface area (TPSA) is 12.0 Å². The number of nitrogens with one attached hydrogen (secondary N) is 1. The zero-order valence-electron chi connectivity index (χ0n) is 10.1. The summed E-state index contributed by atoms with van der Waals surface area (Å²) in [6.07, 6.45) is 0. The number of halogens is 2. The Balaban J connectivity index is 2.40. The first-order chi connectivity index (χ1) is 7.50. The molecule has 0 aromatic heterocycles. The van der Waals surface area contributed by atoms with Crippen LogP contribution < -0.4 is 5.32 Å². The summed E-state index contributed by atoms with van der Waals surface area (Å²) in [5, 5.41) is 3.24. The van der Waals surface area contributed by atoms with E-state index in [1.807, 2.05) is 0 Å². The van der Waals surface area contributed by atoms with Crippen molar-refractivity contribution < 1.29 is 8.78 Å². The average molecular weight is 227 g/mol. The Hall–Kier alpha value is -0.960. The molecule has 0 fully saturated rings. The van der Waals surface area contributed by atoms with Gasteiger partial charge in [0.25, 0.3) is 0 Å². The molecule has 0 bridgehead atoms. The Morgan fingerprint density at radius 3 is 2.38 bits per heavy atom. The van der Waals surface area contributed by atoms with Crippen molar-refractivity contribution in [3.63, 3.8) is 0 Å². The van der Waals surface area contributed by atoms with Crippen molar-refractivity contribution in [3.8, 4) is 0 Å². The van der Waals surface area contributed by atoms with Crippen LogP contribution >= 0.6 is 0 Å². The number of benzene rings is 1. The van der Waals surface area contributed by atoms with Crippen LogP contribution in [0.5, 0.6) is 0 Å². The van der Waals surface area contributed by atoms with Gasteiger partial charge in [0.05, 0.1) is 0 Å². The van der Waals surface area contributed by atoms with Crippen molar-refractivity contribution in [2.45, 2.75) is 27.3 Å². The van der Waals surface area contributed by atoms with E-state index >= 15 is 0 Å². The maximum atomic E-state index is 12.9. The van der Waals surface area contributed by atoms with Crippen LogP contribution in [0.3, 0.4) is 0 Å². The normalized spacial score (nSPS) is 13.1. The first-order valence-electron chi connectivity index (χ1n) is 5.65. The zero-order chi connectivity index (χ0) is 12.1. The van der Waals surface area contributed by atoms with E-state index in [1.54, 1.807) is 6.07 Å². The summed E-state index contributed by atoms with van der Waals surface area (Å²) in [7, 11) is 0. The first kappa shape index (κ1) is 13.1. The summed E-state index contributed by atoms with van der Waals surface area (Å²) in [5.41, 5.74) is 0.773. The van der Waals surface area contributed by atoms with Gasteiger partial charge in [-0.3, -0.25) is 0 Å². The maximum Gasteiger partial charge on any atom is 0.159 e. The fourth-order valence-corrected chi connectivity index (χ4v) is 1.33. The van der Waals surface area contributed by atoms with Crippen LogP contribution in [0.4, 0.5) is 8.78 Å². The minimum atomic E-state index is -0.792. The minimum absolute atomic E-state index is 0.574. The molecule has 0 radical (unpaired) electrons. The van der Waals surface area contributed by atoms with Gasteiger partial charge in [-0.15, -0.1) is 0 Å². The van der Waals surface area contributed by atoms with Crippen molar-refractivity contribution in [2.24, 2.45) is 11.8 Å². The molecule has 1 unspecified atom stereocenters. The Kier molecular flexibility index (Phi) is 4.87. The highest BCUT2D eigenvalue weighted by Crippen LogP contribution is 2.10. The fraction of sp³-hybridized carbons (Fsp3) is 0.538. The van der Waals surface area contributed by atoms with Gasteiger partial charge in [-0.05, 0) is 36.1 Å². The number of hydrogen-bond acceptors (Lipinski definition) is 1. The summed E-state index contributed by atoms with van der Waals surface area (Å²) in [5.74, 6) is -0.377. The van der Waals surface area contributed by atoms with Gasteiger partial charge >= 0.3 is 0 Å². The summed E-state index contributed by atoms with van der Waals surface area (Å²) >= 11 is 0. The first-order valence-corrected chi connectivity index (χ1v) is 5.65. The molecule has 90 valence electrons. The standard InChI is InChI=1S/C13H19F2N/c1-9(2)10(3)7-16-8-11-4-5-12(14)13(15)6-11/h4-6,9-10,16H,7-8H2,1-3H3. The summed E-state index contributed by atoms with van der Waals surface area (Å²) in [6.45, 7) is 7.97. The van der Waals surface area contributed by atoms with Crippen LogP contribution in [0.15, 0.2) is 18.2 Å². The highest BCUT2D eigenvalue weighted by atomic mass is 19.2. The zero-order valence-corrected chi connectivity index (χ0v) is 10.1. The molecule has 0 spiro atoms. The highest BCUT2D eigenvalue weighted by molar-refractivity contribution is 5.17. The van der Waals surface area contributed by atoms with E-state index in [4.69, 9.17) is 0 Å². The molecule has 0 amide bonds. The predicted octanol–water partition coefficient (Wildman–Crippen LogP) is 3.35. The van der Waals surface area contributed by atoms with Crippen molar-refractivity contribution >= 4 is 0 Å². The molecule has 0 aliphatic heterocycles. The van der Waals surface area contributed by atoms with E-state index in [9.17, 15) is 8.78 Å². The van der Waals surface area contributed by atoms with Crippen LogP contribution in [0.2, 0.25) is 0 Å². The minimum Gasteiger partial charge on any atom is -0.312 e. The van der Waals surface area contributed by atoms with Crippen molar-refractivity contribution in [1.82, 2.24) is 5.32 Å². The molecule has 1 N–H and O–H groups in total. The lowest BCUT2D eigenvalue weighted by Gasteiger charge is -2.16. The van der Waals surface area contributed by atoms with E-state index in [-0.39, 0.29) is 0 Å². The Morgan fingerprint density at radius 2 is 1.81 bits per heavy atom. The summed E-state index contributed by atoms with van der Waals surface area (Å²) in [4.78, 5) is 0. The van der Waals surface area contributed by atoms with E-state index in [2.05, 4.69) is 26.1 Å². The third-order valence-corrected chi connectivity index (χ3v) is 2.92. The molecule has 0 aliphatic carbocycles. The Labute approximate surface area is 95.9 Å². The molecule has 1 atom stereocenters. The number of hydrogen-bond donors (Lipinski definition) is 1. The third kappa shape index (κ3) is 3.89. The molecule has 1 aromatic rings. The smallest absolute Gasteiger partial charge is 0.159 e. The number of rotatable bonds is 5. The predicted molar refractivity (Wildman–Crippen MR) is 62.1 cm³/mol. The van der Waals surface area contributed by atoms with Gasteiger partial charge in [-0.2, -0.15) is 0 Å². The SMILES string of the molecule is CC(C)C(C)CNCc1ccc(F)c(F)c1. The summed E-state index contributed by atoms with van der Waals surface area (Å²) in [6, 6.07) is 4.01. The van der Waals surface area contributed by atoms with Crippen molar-refractivity contribution in [3.05, 3.63) is 35.4 Å². The van der Waals surface area contributed by atoms with Gasteiger partial charge in [0, 0.05) is 6.54 Å². The highest BCUT2D eigenvalue weighted by Gasteiger charge is 2.06. The van der Waals surface area contributed by atoms with Gasteiger partial charge in [0.1, 0.15) is 0 Å². The van der Waals surface area contributed by atoms with Gasteiger partial charge < -0.3 is 5.32 Å². The molecule has 0 aliphatic rings. The quantitative estimate of drug-likeness (QED) is 0.813. The van der Waals surface area contributed by atoms with E-state index in [0.717, 1.165) is 18.2 Å². The lowest BCUT2D eigenvalue weighted by atomic mass is 9.98. The van der Waals surface area contributed by atoms with Gasteiger partial charge in [0.15, 0.2) is 11.6 Å². The summed E-state index contributed by atoms with van der Waals surface area (Å²) < 4.78 is 25.6. The van der Waals surface area contributed by atoms with Crippen LogP contribution in [0, 0.1) is 23.5 Å². The second-order valence-corrected chi connectivity index (χ2v) is 4.60. The molecular formula is C13H19F2N. The second kappa shape index (κ2) is 5.94. The lowest BCUT2D eigenvalue weighted by Crippen LogP contribution is -2.23. The molecule has 1 aromatic carbocycles. The van der Waals surface area contributed by atoms with Crippen LogP contribution in [-0.4, -0.2) is 6.54 Å². The molecule has 0 heterocycles. The van der Waals surface area contributed by atoms with Crippen LogP contribution in [-0.2, 0) is 6.54 Å². The molecular weight excluding hydrogens is 208 g/mol. The average Bonchev–Trinajstić information content (AvgIpc) is 2.23. The van der Waals surface area contributed by atoms with Crippen molar-refractivity contribution in [2.75, 3.05) is 6.54 Å². The van der Waals surface area contributed by atoms with Crippen LogP contribution in [0.25, 0.3) is 0 Å². The maximum absolute atomic E-state index is 12.9. The fourth-order valence-electron chi connectivity index (χ4n) is 1.33. The Morgan fingerprint density at radius 1 is 1.12 bits per heavy atom. The molecule has 0 saturated carbocycles. The van der Waals surface area contributed by atoms with Gasteiger partial charge in [-0.25, -0.2) is 8.78 Å². The molecule has 0 saturated heterocycles. The van der Waals surface area contributed by atoms with Gasteiger partial charge in [-0.1, -0.05) is 26.8 Å². The molecule has 3 heteroatoms. The monoisotopic (exact) mass is 227 g/mol. The van der Waals surface area contributed by atoms with E-state index in [0.29, 0.717) is 18.4 Å². The van der Waals surface area contributed by atoms with Gasteiger partial charge in [0.2, 0.25) is 0 Å². The van der Waals surface area contributed by atoms with Crippen molar-refractivity contribution in [1.29, 1.82) is 0 Å².